The number of aromatic nitrogens is 2. The van der Waals surface area contributed by atoms with Gasteiger partial charge in [0, 0.05) is 44.2 Å². The van der Waals surface area contributed by atoms with E-state index in [4.69, 9.17) is 4.98 Å². The third kappa shape index (κ3) is 2.75. The summed E-state index contributed by atoms with van der Waals surface area (Å²) >= 11 is 0. The molecule has 4 nitrogen and oxygen atoms in total. The maximum absolute atomic E-state index is 4.83. The van der Waals surface area contributed by atoms with Crippen LogP contribution in [0.15, 0.2) is 0 Å². The number of rotatable bonds is 5. The molecule has 4 heteroatoms. The maximum atomic E-state index is 4.83. The highest BCUT2D eigenvalue weighted by molar-refractivity contribution is 5.20. The normalized spacial score (nSPS) is 16.9. The summed E-state index contributed by atoms with van der Waals surface area (Å²) in [4.78, 5) is 7.12. The van der Waals surface area contributed by atoms with Crippen molar-refractivity contribution in [2.75, 3.05) is 20.6 Å². The molecule has 1 aromatic rings. The molecule has 0 spiro atoms. The molecule has 0 bridgehead atoms. The van der Waals surface area contributed by atoms with Crippen molar-refractivity contribution in [3.63, 3.8) is 0 Å². The number of fused-ring (bicyclic) bond motifs is 1. The summed E-state index contributed by atoms with van der Waals surface area (Å²) in [5, 5.41) is 3.41. The van der Waals surface area contributed by atoms with Crippen LogP contribution in [0.2, 0.25) is 0 Å². The van der Waals surface area contributed by atoms with E-state index in [2.05, 4.69) is 42.7 Å². The summed E-state index contributed by atoms with van der Waals surface area (Å²) in [6.45, 7) is 7.59. The average Bonchev–Trinajstić information content (AvgIpc) is 2.68. The van der Waals surface area contributed by atoms with Gasteiger partial charge in [-0.15, -0.1) is 0 Å². The van der Waals surface area contributed by atoms with Gasteiger partial charge in [-0.2, -0.15) is 0 Å². The maximum Gasteiger partial charge on any atom is 0.109 e. The number of nitrogens with one attached hydrogen (secondary N) is 1. The van der Waals surface area contributed by atoms with Crippen molar-refractivity contribution >= 4 is 0 Å². The Morgan fingerprint density at radius 3 is 2.89 bits per heavy atom. The van der Waals surface area contributed by atoms with E-state index in [-0.39, 0.29) is 0 Å². The third-order valence-corrected chi connectivity index (χ3v) is 3.87. The van der Waals surface area contributed by atoms with Crippen molar-refractivity contribution in [3.05, 3.63) is 17.2 Å². The average molecular weight is 250 g/mol. The van der Waals surface area contributed by atoms with Crippen molar-refractivity contribution in [2.45, 2.75) is 52.2 Å². The van der Waals surface area contributed by atoms with Crippen LogP contribution >= 0.6 is 0 Å². The molecule has 1 aliphatic rings. The Hall–Kier alpha value is -0.870. The summed E-state index contributed by atoms with van der Waals surface area (Å²) in [5.74, 6) is 1.28. The molecule has 1 N–H and O–H groups in total. The zero-order valence-corrected chi connectivity index (χ0v) is 12.2. The quantitative estimate of drug-likeness (QED) is 0.858. The fourth-order valence-electron chi connectivity index (χ4n) is 2.48. The molecule has 1 atom stereocenters. The molecular formula is C14H26N4. The number of nitrogens with zero attached hydrogens (tertiary/aromatic N) is 3. The van der Waals surface area contributed by atoms with Gasteiger partial charge in [0.1, 0.15) is 5.82 Å². The Morgan fingerprint density at radius 1 is 1.44 bits per heavy atom. The lowest BCUT2D eigenvalue weighted by atomic mass is 10.1. The summed E-state index contributed by atoms with van der Waals surface area (Å²) < 4.78 is 2.48. The van der Waals surface area contributed by atoms with Crippen LogP contribution in [0.4, 0.5) is 0 Å². The van der Waals surface area contributed by atoms with Crippen LogP contribution in [-0.2, 0) is 25.9 Å². The molecule has 2 rings (SSSR count). The van der Waals surface area contributed by atoms with Crippen LogP contribution in [-0.4, -0.2) is 41.1 Å². The molecule has 0 saturated carbocycles. The van der Waals surface area contributed by atoms with Crippen LogP contribution in [0.25, 0.3) is 0 Å². The number of hydrogen-bond acceptors (Lipinski definition) is 3. The summed E-state index contributed by atoms with van der Waals surface area (Å²) in [6.07, 6.45) is 3.37. The van der Waals surface area contributed by atoms with E-state index in [0.717, 1.165) is 32.5 Å². The lowest BCUT2D eigenvalue weighted by Gasteiger charge is -2.23. The first-order valence-electron chi connectivity index (χ1n) is 7.07. The fourth-order valence-corrected chi connectivity index (χ4v) is 2.48. The van der Waals surface area contributed by atoms with Gasteiger partial charge < -0.3 is 14.8 Å². The van der Waals surface area contributed by atoms with Crippen LogP contribution in [0.3, 0.4) is 0 Å². The van der Waals surface area contributed by atoms with Crippen molar-refractivity contribution < 1.29 is 0 Å². The number of likely N-dealkylation sites (N-methyl/N-ethyl adjacent to an activating group) is 1. The number of aryl methyl sites for hydroxylation is 1. The van der Waals surface area contributed by atoms with Crippen molar-refractivity contribution in [1.29, 1.82) is 0 Å². The zero-order valence-electron chi connectivity index (χ0n) is 12.2. The SMILES string of the molecule is CCCc1nc2c(n1CC(C)N(C)C)CCNC2. The molecule has 0 aliphatic carbocycles. The largest absolute Gasteiger partial charge is 0.330 e. The van der Waals surface area contributed by atoms with Crippen LogP contribution in [0, 0.1) is 0 Å². The third-order valence-electron chi connectivity index (χ3n) is 3.87. The van der Waals surface area contributed by atoms with Gasteiger partial charge in [0.15, 0.2) is 0 Å². The van der Waals surface area contributed by atoms with Crippen LogP contribution < -0.4 is 5.32 Å². The second kappa shape index (κ2) is 5.85. The Morgan fingerprint density at radius 2 is 2.22 bits per heavy atom. The minimum Gasteiger partial charge on any atom is -0.330 e. The molecule has 1 aliphatic heterocycles. The first-order valence-corrected chi connectivity index (χ1v) is 7.07. The van der Waals surface area contributed by atoms with E-state index >= 15 is 0 Å². The summed E-state index contributed by atoms with van der Waals surface area (Å²) in [5.41, 5.74) is 2.74. The lowest BCUT2D eigenvalue weighted by molar-refractivity contribution is 0.279. The lowest BCUT2D eigenvalue weighted by Crippen LogP contribution is -2.32. The first-order chi connectivity index (χ1) is 8.63. The predicted molar refractivity (Wildman–Crippen MR) is 74.8 cm³/mol. The molecule has 0 saturated heterocycles. The van der Waals surface area contributed by atoms with Gasteiger partial charge in [-0.1, -0.05) is 6.92 Å². The topological polar surface area (TPSA) is 33.1 Å². The van der Waals surface area contributed by atoms with Gasteiger partial charge in [-0.05, 0) is 27.4 Å². The molecule has 1 unspecified atom stereocenters. The predicted octanol–water partition coefficient (Wildman–Crippen LogP) is 1.43. The van der Waals surface area contributed by atoms with E-state index in [1.54, 1.807) is 0 Å². The standard InChI is InChI=1S/C14H26N4/c1-5-6-14-16-12-9-15-8-7-13(12)18(14)10-11(2)17(3)4/h11,15H,5-10H2,1-4H3. The van der Waals surface area contributed by atoms with Gasteiger partial charge in [0.05, 0.1) is 5.69 Å². The molecule has 102 valence electrons. The Labute approximate surface area is 110 Å². The minimum atomic E-state index is 0.550. The van der Waals surface area contributed by atoms with E-state index in [1.807, 2.05) is 0 Å². The van der Waals surface area contributed by atoms with Crippen LogP contribution in [0.5, 0.6) is 0 Å². The summed E-state index contributed by atoms with van der Waals surface area (Å²) in [6, 6.07) is 0.550. The number of hydrogen-bond donors (Lipinski definition) is 1. The van der Waals surface area contributed by atoms with Crippen molar-refractivity contribution in [2.24, 2.45) is 0 Å². The van der Waals surface area contributed by atoms with Gasteiger partial charge in [-0.3, -0.25) is 0 Å². The van der Waals surface area contributed by atoms with E-state index < -0.39 is 0 Å². The fraction of sp³-hybridized carbons (Fsp3) is 0.786. The second-order valence-corrected chi connectivity index (χ2v) is 5.52. The highest BCUT2D eigenvalue weighted by Gasteiger charge is 2.20. The molecule has 18 heavy (non-hydrogen) atoms. The Balaban J connectivity index is 2.27. The van der Waals surface area contributed by atoms with Crippen molar-refractivity contribution in [3.8, 4) is 0 Å². The monoisotopic (exact) mass is 250 g/mol. The minimum absolute atomic E-state index is 0.550. The van der Waals surface area contributed by atoms with Gasteiger partial charge in [-0.25, -0.2) is 4.98 Å². The smallest absolute Gasteiger partial charge is 0.109 e. The van der Waals surface area contributed by atoms with E-state index in [9.17, 15) is 0 Å². The first kappa shape index (κ1) is 13.6. The van der Waals surface area contributed by atoms with E-state index in [1.165, 1.54) is 23.6 Å². The van der Waals surface area contributed by atoms with Gasteiger partial charge in [0.25, 0.3) is 0 Å². The van der Waals surface area contributed by atoms with Gasteiger partial charge >= 0.3 is 0 Å². The van der Waals surface area contributed by atoms with E-state index in [0.29, 0.717) is 6.04 Å². The highest BCUT2D eigenvalue weighted by Crippen LogP contribution is 2.18. The molecule has 0 amide bonds. The Kier molecular flexibility index (Phi) is 4.40. The summed E-state index contributed by atoms with van der Waals surface area (Å²) in [7, 11) is 4.30. The number of imidazole rings is 1. The zero-order chi connectivity index (χ0) is 13.1. The molecule has 2 heterocycles. The molecule has 1 aromatic heterocycles. The molecule has 0 fully saturated rings. The van der Waals surface area contributed by atoms with Crippen LogP contribution in [0.1, 0.15) is 37.5 Å². The molecular weight excluding hydrogens is 224 g/mol. The van der Waals surface area contributed by atoms with Crippen molar-refractivity contribution in [1.82, 2.24) is 19.8 Å². The molecule has 0 aromatic carbocycles. The molecule has 0 radical (unpaired) electrons. The second-order valence-electron chi connectivity index (χ2n) is 5.52. The van der Waals surface area contributed by atoms with Gasteiger partial charge in [0.2, 0.25) is 0 Å². The highest BCUT2D eigenvalue weighted by atomic mass is 15.2. The Bertz CT molecular complexity index is 395.